The molecule has 1 saturated carbocycles. The lowest BCUT2D eigenvalue weighted by molar-refractivity contribution is -0.123. The smallest absolute Gasteiger partial charge is 0.133 e. The minimum atomic E-state index is 0.492. The fourth-order valence-electron chi connectivity index (χ4n) is 2.60. The largest absolute Gasteiger partial charge is 0.300 e. The molecule has 0 bridgehead atoms. The van der Waals surface area contributed by atoms with Gasteiger partial charge in [0.25, 0.3) is 0 Å². The van der Waals surface area contributed by atoms with Crippen molar-refractivity contribution in [3.05, 3.63) is 0 Å². The molecule has 1 rings (SSSR count). The first-order valence-electron chi connectivity index (χ1n) is 5.66. The van der Waals surface area contributed by atoms with Crippen LogP contribution < -0.4 is 0 Å². The molecule has 0 radical (unpaired) electrons. The van der Waals surface area contributed by atoms with E-state index < -0.39 is 0 Å². The highest BCUT2D eigenvalue weighted by atomic mass is 16.1. The van der Waals surface area contributed by atoms with Crippen molar-refractivity contribution in [2.75, 3.05) is 0 Å². The second-order valence-electron chi connectivity index (χ2n) is 4.74. The van der Waals surface area contributed by atoms with Crippen LogP contribution in [0.3, 0.4) is 0 Å². The van der Waals surface area contributed by atoms with Crippen LogP contribution in [0, 0.1) is 17.8 Å². The second kappa shape index (κ2) is 4.78. The van der Waals surface area contributed by atoms with Crippen molar-refractivity contribution in [2.45, 2.75) is 52.9 Å². The number of carbonyl (C=O) groups excluding carboxylic acids is 1. The lowest BCUT2D eigenvalue weighted by Crippen LogP contribution is -2.28. The first kappa shape index (κ1) is 10.7. The van der Waals surface area contributed by atoms with Crippen molar-refractivity contribution in [1.29, 1.82) is 0 Å². The van der Waals surface area contributed by atoms with E-state index in [-0.39, 0.29) is 0 Å². The van der Waals surface area contributed by atoms with Crippen molar-refractivity contribution in [3.8, 4) is 0 Å². The Bertz CT molecular complexity index is 172. The number of ketones is 1. The summed E-state index contributed by atoms with van der Waals surface area (Å²) in [6.07, 6.45) is 5.42. The maximum Gasteiger partial charge on any atom is 0.133 e. The van der Waals surface area contributed by atoms with Gasteiger partial charge in [0, 0.05) is 12.8 Å². The first-order valence-corrected chi connectivity index (χ1v) is 5.66. The first-order chi connectivity index (χ1) is 6.15. The van der Waals surface area contributed by atoms with Gasteiger partial charge in [0.15, 0.2) is 0 Å². The zero-order valence-corrected chi connectivity index (χ0v) is 9.18. The Labute approximate surface area is 81.9 Å². The SMILES string of the molecule is CCCC1CCC(=O)CC1C(C)C. The molecule has 0 heterocycles. The molecule has 0 aromatic carbocycles. The number of rotatable bonds is 3. The molecule has 2 unspecified atom stereocenters. The zero-order valence-electron chi connectivity index (χ0n) is 9.18. The van der Waals surface area contributed by atoms with E-state index in [1.165, 1.54) is 12.8 Å². The predicted molar refractivity (Wildman–Crippen MR) is 55.6 cm³/mol. The Morgan fingerprint density at radius 2 is 2.15 bits per heavy atom. The molecule has 0 aliphatic heterocycles. The third-order valence-electron chi connectivity index (χ3n) is 3.38. The lowest BCUT2D eigenvalue weighted by Gasteiger charge is -2.33. The minimum Gasteiger partial charge on any atom is -0.300 e. The molecule has 0 aromatic heterocycles. The summed E-state index contributed by atoms with van der Waals surface area (Å²) in [6.45, 7) is 6.76. The fourth-order valence-corrected chi connectivity index (χ4v) is 2.60. The average molecular weight is 182 g/mol. The highest BCUT2D eigenvalue weighted by Crippen LogP contribution is 2.36. The Kier molecular flexibility index (Phi) is 3.95. The van der Waals surface area contributed by atoms with E-state index in [4.69, 9.17) is 0 Å². The van der Waals surface area contributed by atoms with E-state index in [1.807, 2.05) is 0 Å². The van der Waals surface area contributed by atoms with Gasteiger partial charge in [0.1, 0.15) is 5.78 Å². The average Bonchev–Trinajstić information content (AvgIpc) is 2.08. The summed E-state index contributed by atoms with van der Waals surface area (Å²) in [5.41, 5.74) is 0. The molecule has 1 heteroatoms. The second-order valence-corrected chi connectivity index (χ2v) is 4.74. The lowest BCUT2D eigenvalue weighted by atomic mass is 9.71. The minimum absolute atomic E-state index is 0.492. The van der Waals surface area contributed by atoms with E-state index >= 15 is 0 Å². The van der Waals surface area contributed by atoms with E-state index in [9.17, 15) is 4.79 Å². The summed E-state index contributed by atoms with van der Waals surface area (Å²) < 4.78 is 0. The molecule has 0 N–H and O–H groups in total. The van der Waals surface area contributed by atoms with E-state index in [2.05, 4.69) is 20.8 Å². The van der Waals surface area contributed by atoms with Crippen LogP contribution in [-0.4, -0.2) is 5.78 Å². The summed E-state index contributed by atoms with van der Waals surface area (Å²) in [4.78, 5) is 11.3. The molecular weight excluding hydrogens is 160 g/mol. The van der Waals surface area contributed by atoms with Crippen molar-refractivity contribution in [3.63, 3.8) is 0 Å². The van der Waals surface area contributed by atoms with E-state index in [0.29, 0.717) is 17.6 Å². The molecule has 0 aromatic rings. The van der Waals surface area contributed by atoms with E-state index in [1.54, 1.807) is 0 Å². The van der Waals surface area contributed by atoms with Crippen LogP contribution in [0.4, 0.5) is 0 Å². The monoisotopic (exact) mass is 182 g/mol. The topological polar surface area (TPSA) is 17.1 Å². The Morgan fingerprint density at radius 1 is 1.46 bits per heavy atom. The van der Waals surface area contributed by atoms with Crippen molar-refractivity contribution >= 4 is 5.78 Å². The van der Waals surface area contributed by atoms with Gasteiger partial charge in [0.05, 0.1) is 0 Å². The molecule has 1 fully saturated rings. The molecular formula is C12H22O. The van der Waals surface area contributed by atoms with Gasteiger partial charge < -0.3 is 0 Å². The van der Waals surface area contributed by atoms with E-state index in [0.717, 1.165) is 25.2 Å². The molecule has 1 aliphatic carbocycles. The molecule has 1 aliphatic rings. The van der Waals surface area contributed by atoms with Gasteiger partial charge >= 0.3 is 0 Å². The maximum absolute atomic E-state index is 11.3. The molecule has 0 amide bonds. The Morgan fingerprint density at radius 3 is 2.69 bits per heavy atom. The number of hydrogen-bond donors (Lipinski definition) is 0. The number of hydrogen-bond acceptors (Lipinski definition) is 1. The summed E-state index contributed by atoms with van der Waals surface area (Å²) in [5, 5.41) is 0. The van der Waals surface area contributed by atoms with Gasteiger partial charge in [-0.15, -0.1) is 0 Å². The van der Waals surface area contributed by atoms with Crippen LogP contribution >= 0.6 is 0 Å². The zero-order chi connectivity index (χ0) is 9.84. The molecule has 76 valence electrons. The maximum atomic E-state index is 11.3. The predicted octanol–water partition coefficient (Wildman–Crippen LogP) is 3.43. The molecule has 0 spiro atoms. The van der Waals surface area contributed by atoms with Gasteiger partial charge in [0.2, 0.25) is 0 Å². The summed E-state index contributed by atoms with van der Waals surface area (Å²) in [5.74, 6) is 2.66. The molecule has 13 heavy (non-hydrogen) atoms. The van der Waals surface area contributed by atoms with Crippen LogP contribution in [0.25, 0.3) is 0 Å². The summed E-state index contributed by atoms with van der Waals surface area (Å²) in [7, 11) is 0. The third kappa shape index (κ3) is 2.82. The van der Waals surface area contributed by atoms with Crippen LogP contribution in [0.1, 0.15) is 52.9 Å². The van der Waals surface area contributed by atoms with Crippen LogP contribution in [0.15, 0.2) is 0 Å². The van der Waals surface area contributed by atoms with Gasteiger partial charge in [-0.3, -0.25) is 4.79 Å². The van der Waals surface area contributed by atoms with Crippen LogP contribution in [0.2, 0.25) is 0 Å². The Hall–Kier alpha value is -0.330. The van der Waals surface area contributed by atoms with Crippen LogP contribution in [0.5, 0.6) is 0 Å². The molecule has 2 atom stereocenters. The fraction of sp³-hybridized carbons (Fsp3) is 0.917. The van der Waals surface area contributed by atoms with Gasteiger partial charge in [-0.05, 0) is 24.2 Å². The van der Waals surface area contributed by atoms with Crippen molar-refractivity contribution in [2.24, 2.45) is 17.8 Å². The summed E-state index contributed by atoms with van der Waals surface area (Å²) in [6, 6.07) is 0. The van der Waals surface area contributed by atoms with Crippen LogP contribution in [-0.2, 0) is 4.79 Å². The van der Waals surface area contributed by atoms with Crippen molar-refractivity contribution < 1.29 is 4.79 Å². The highest BCUT2D eigenvalue weighted by Gasteiger charge is 2.30. The number of carbonyl (C=O) groups is 1. The molecule has 1 nitrogen and oxygen atoms in total. The standard InChI is InChI=1S/C12H22O/c1-4-5-10-6-7-11(13)8-12(10)9(2)3/h9-10,12H,4-8H2,1-3H3. The van der Waals surface area contributed by atoms with Crippen molar-refractivity contribution in [1.82, 2.24) is 0 Å². The summed E-state index contributed by atoms with van der Waals surface area (Å²) >= 11 is 0. The quantitative estimate of drug-likeness (QED) is 0.653. The third-order valence-corrected chi connectivity index (χ3v) is 3.38. The Balaban J connectivity index is 2.55. The highest BCUT2D eigenvalue weighted by molar-refractivity contribution is 5.79. The number of Topliss-reactive ketones (excluding diaryl/α,β-unsaturated/α-hetero) is 1. The van der Waals surface area contributed by atoms with Gasteiger partial charge in [-0.1, -0.05) is 33.6 Å². The molecule has 0 saturated heterocycles. The normalized spacial score (nSPS) is 29.7. The van der Waals surface area contributed by atoms with Gasteiger partial charge in [-0.2, -0.15) is 0 Å². The van der Waals surface area contributed by atoms with Gasteiger partial charge in [-0.25, -0.2) is 0 Å².